The number of methoxy groups -OCH3 is 1. The van der Waals surface area contributed by atoms with Gasteiger partial charge >= 0.3 is 0 Å². The Morgan fingerprint density at radius 3 is 2.29 bits per heavy atom. The predicted octanol–water partition coefficient (Wildman–Crippen LogP) is 0.296. The van der Waals surface area contributed by atoms with Crippen molar-refractivity contribution in [2.24, 2.45) is 5.41 Å². The van der Waals surface area contributed by atoms with Crippen molar-refractivity contribution in [1.29, 1.82) is 0 Å². The van der Waals surface area contributed by atoms with E-state index in [1.54, 1.807) is 19.1 Å². The Bertz CT molecular complexity index is 259. The average Bonchev–Trinajstić information content (AvgIpc) is 2.16. The molecule has 0 spiro atoms. The number of amides is 1. The molecule has 0 atom stereocenters. The van der Waals surface area contributed by atoms with Crippen molar-refractivity contribution in [2.75, 3.05) is 40.4 Å². The highest BCUT2D eigenvalue weighted by Crippen LogP contribution is 2.14. The smallest absolute Gasteiger partial charge is 0.234 e. The zero-order valence-electron chi connectivity index (χ0n) is 11.5. The van der Waals surface area contributed by atoms with Crippen LogP contribution in [0, 0.1) is 5.41 Å². The molecular formula is C12H24N2O3. The number of ether oxygens (including phenoxy) is 1. The number of rotatable bonds is 7. The quantitative estimate of drug-likeness (QED) is 0.654. The van der Waals surface area contributed by atoms with Gasteiger partial charge < -0.3 is 10.1 Å². The zero-order chi connectivity index (χ0) is 13.5. The third kappa shape index (κ3) is 7.88. The van der Waals surface area contributed by atoms with Gasteiger partial charge in [0.15, 0.2) is 5.78 Å². The predicted molar refractivity (Wildman–Crippen MR) is 66.8 cm³/mol. The van der Waals surface area contributed by atoms with E-state index in [9.17, 15) is 9.59 Å². The van der Waals surface area contributed by atoms with E-state index in [2.05, 4.69) is 5.32 Å². The van der Waals surface area contributed by atoms with Crippen LogP contribution in [-0.2, 0) is 14.3 Å². The molecule has 0 heterocycles. The van der Waals surface area contributed by atoms with Crippen molar-refractivity contribution >= 4 is 11.7 Å². The summed E-state index contributed by atoms with van der Waals surface area (Å²) >= 11 is 0. The first-order chi connectivity index (χ1) is 7.77. The van der Waals surface area contributed by atoms with Crippen LogP contribution in [-0.4, -0.2) is 57.0 Å². The molecule has 0 saturated carbocycles. The zero-order valence-corrected chi connectivity index (χ0v) is 11.5. The van der Waals surface area contributed by atoms with Gasteiger partial charge in [-0.2, -0.15) is 0 Å². The maximum absolute atomic E-state index is 11.7. The Hall–Kier alpha value is -0.940. The lowest BCUT2D eigenvalue weighted by Gasteiger charge is -2.21. The van der Waals surface area contributed by atoms with Gasteiger partial charge in [-0.05, 0) is 7.05 Å². The molecule has 5 nitrogen and oxygen atoms in total. The van der Waals surface area contributed by atoms with E-state index in [-0.39, 0.29) is 23.7 Å². The van der Waals surface area contributed by atoms with Crippen molar-refractivity contribution in [3.05, 3.63) is 0 Å². The molecule has 0 radical (unpaired) electrons. The Balaban J connectivity index is 3.89. The van der Waals surface area contributed by atoms with Gasteiger partial charge in [0.1, 0.15) is 0 Å². The fraction of sp³-hybridized carbons (Fsp3) is 0.833. The normalized spacial score (nSPS) is 11.6. The number of carbonyl (C=O) groups is 2. The van der Waals surface area contributed by atoms with E-state index in [1.165, 1.54) is 0 Å². The van der Waals surface area contributed by atoms with Gasteiger partial charge in [0.2, 0.25) is 5.91 Å². The molecule has 0 aliphatic rings. The van der Waals surface area contributed by atoms with Crippen LogP contribution in [0.2, 0.25) is 0 Å². The summed E-state index contributed by atoms with van der Waals surface area (Å²) in [6.07, 6.45) is 0. The van der Waals surface area contributed by atoms with Crippen LogP contribution in [0.15, 0.2) is 0 Å². The fourth-order valence-electron chi connectivity index (χ4n) is 1.13. The van der Waals surface area contributed by atoms with Gasteiger partial charge in [-0.25, -0.2) is 0 Å². The monoisotopic (exact) mass is 244 g/mol. The highest BCUT2D eigenvalue weighted by Gasteiger charge is 2.22. The third-order valence-corrected chi connectivity index (χ3v) is 2.29. The lowest BCUT2D eigenvalue weighted by atomic mass is 9.90. The second-order valence-electron chi connectivity index (χ2n) is 5.19. The summed E-state index contributed by atoms with van der Waals surface area (Å²) in [7, 11) is 3.35. The van der Waals surface area contributed by atoms with Gasteiger partial charge in [-0.15, -0.1) is 0 Å². The van der Waals surface area contributed by atoms with E-state index < -0.39 is 0 Å². The summed E-state index contributed by atoms with van der Waals surface area (Å²) in [5, 5.41) is 2.71. The first-order valence-electron chi connectivity index (χ1n) is 5.75. The number of hydrogen-bond acceptors (Lipinski definition) is 4. The van der Waals surface area contributed by atoms with Crippen molar-refractivity contribution in [3.8, 4) is 0 Å². The van der Waals surface area contributed by atoms with Gasteiger partial charge in [0, 0.05) is 19.1 Å². The number of Topliss-reactive ketones (excluding diaryl/α,β-unsaturated/α-hetero) is 1. The molecule has 0 aliphatic heterocycles. The average molecular weight is 244 g/mol. The summed E-state index contributed by atoms with van der Waals surface area (Å²) in [6.45, 7) is 7.14. The van der Waals surface area contributed by atoms with Crippen LogP contribution in [0.1, 0.15) is 20.8 Å². The highest BCUT2D eigenvalue weighted by molar-refractivity contribution is 5.86. The minimum absolute atomic E-state index is 0.0914. The largest absolute Gasteiger partial charge is 0.383 e. The topological polar surface area (TPSA) is 58.6 Å². The Morgan fingerprint density at radius 2 is 1.82 bits per heavy atom. The Labute approximate surface area is 103 Å². The van der Waals surface area contributed by atoms with E-state index in [1.807, 2.05) is 20.8 Å². The Morgan fingerprint density at radius 1 is 1.24 bits per heavy atom. The van der Waals surface area contributed by atoms with E-state index >= 15 is 0 Å². The molecule has 100 valence electrons. The molecule has 0 saturated heterocycles. The van der Waals surface area contributed by atoms with Crippen LogP contribution in [0.4, 0.5) is 0 Å². The van der Waals surface area contributed by atoms with Gasteiger partial charge in [0.05, 0.1) is 19.7 Å². The number of nitrogens with one attached hydrogen (secondary N) is 1. The SMILES string of the molecule is COCCNC(=O)CN(C)CC(=O)C(C)(C)C. The molecular weight excluding hydrogens is 220 g/mol. The number of nitrogens with zero attached hydrogens (tertiary/aromatic N) is 1. The number of hydrogen-bond donors (Lipinski definition) is 1. The van der Waals surface area contributed by atoms with Crippen molar-refractivity contribution in [2.45, 2.75) is 20.8 Å². The molecule has 0 aromatic heterocycles. The van der Waals surface area contributed by atoms with E-state index in [0.717, 1.165) is 0 Å². The van der Waals surface area contributed by atoms with Crippen LogP contribution < -0.4 is 5.32 Å². The molecule has 1 amide bonds. The lowest BCUT2D eigenvalue weighted by Crippen LogP contribution is -2.40. The van der Waals surface area contributed by atoms with Crippen LogP contribution >= 0.6 is 0 Å². The highest BCUT2D eigenvalue weighted by atomic mass is 16.5. The summed E-state index contributed by atoms with van der Waals surface area (Å²) in [5.41, 5.74) is -0.360. The molecule has 1 N–H and O–H groups in total. The minimum atomic E-state index is -0.360. The minimum Gasteiger partial charge on any atom is -0.383 e. The summed E-state index contributed by atoms with van der Waals surface area (Å²) < 4.78 is 4.82. The summed E-state index contributed by atoms with van der Waals surface area (Å²) in [5.74, 6) is 0.0379. The van der Waals surface area contributed by atoms with Crippen LogP contribution in [0.25, 0.3) is 0 Å². The molecule has 0 aromatic carbocycles. The number of likely N-dealkylation sites (N-methyl/N-ethyl adjacent to an activating group) is 1. The molecule has 0 rings (SSSR count). The van der Waals surface area contributed by atoms with E-state index in [4.69, 9.17) is 4.74 Å². The molecule has 0 aliphatic carbocycles. The third-order valence-electron chi connectivity index (χ3n) is 2.29. The van der Waals surface area contributed by atoms with Crippen molar-refractivity contribution in [1.82, 2.24) is 10.2 Å². The maximum atomic E-state index is 11.7. The van der Waals surface area contributed by atoms with Gasteiger partial charge in [-0.1, -0.05) is 20.8 Å². The molecule has 5 heteroatoms. The second-order valence-corrected chi connectivity index (χ2v) is 5.19. The first kappa shape index (κ1) is 16.1. The maximum Gasteiger partial charge on any atom is 0.234 e. The summed E-state index contributed by atoms with van der Waals surface area (Å²) in [6, 6.07) is 0. The lowest BCUT2D eigenvalue weighted by molar-refractivity contribution is -0.128. The molecule has 0 aromatic rings. The molecule has 0 unspecified atom stereocenters. The van der Waals surface area contributed by atoms with Crippen LogP contribution in [0.3, 0.4) is 0 Å². The van der Waals surface area contributed by atoms with E-state index in [0.29, 0.717) is 19.7 Å². The van der Waals surface area contributed by atoms with Crippen molar-refractivity contribution < 1.29 is 14.3 Å². The first-order valence-corrected chi connectivity index (χ1v) is 5.75. The second kappa shape index (κ2) is 7.40. The van der Waals surface area contributed by atoms with Crippen molar-refractivity contribution in [3.63, 3.8) is 0 Å². The molecule has 0 fully saturated rings. The summed E-state index contributed by atoms with van der Waals surface area (Å²) in [4.78, 5) is 24.9. The Kier molecular flexibility index (Phi) is 6.99. The fourth-order valence-corrected chi connectivity index (χ4v) is 1.13. The number of ketones is 1. The van der Waals surface area contributed by atoms with Crippen LogP contribution in [0.5, 0.6) is 0 Å². The van der Waals surface area contributed by atoms with Gasteiger partial charge in [-0.3, -0.25) is 14.5 Å². The standard InChI is InChI=1S/C12H24N2O3/c1-12(2,3)10(15)8-14(4)9-11(16)13-6-7-17-5/h6-9H2,1-5H3,(H,13,16). The number of carbonyl (C=O) groups excluding carboxylic acids is 2. The molecule has 17 heavy (non-hydrogen) atoms. The van der Waals surface area contributed by atoms with Gasteiger partial charge in [0.25, 0.3) is 0 Å². The molecule has 0 bridgehead atoms.